The molecule has 0 amide bonds. The summed E-state index contributed by atoms with van der Waals surface area (Å²) < 4.78 is 0. The predicted molar refractivity (Wildman–Crippen MR) is 139 cm³/mol. The van der Waals surface area contributed by atoms with Crippen LogP contribution in [0.25, 0.3) is 17.7 Å². The van der Waals surface area contributed by atoms with Crippen molar-refractivity contribution < 1.29 is 4.79 Å². The summed E-state index contributed by atoms with van der Waals surface area (Å²) in [4.78, 5) is 15.7. The average Bonchev–Trinajstić information content (AvgIpc) is 3.30. The van der Waals surface area contributed by atoms with E-state index in [-0.39, 0.29) is 18.2 Å². The minimum atomic E-state index is 0. The van der Waals surface area contributed by atoms with E-state index in [1.54, 1.807) is 16.9 Å². The summed E-state index contributed by atoms with van der Waals surface area (Å²) in [7, 11) is 0. The first kappa shape index (κ1) is 22.7. The number of benzene rings is 2. The van der Waals surface area contributed by atoms with Crippen molar-refractivity contribution in [3.8, 4) is 0 Å². The molecule has 1 aromatic heterocycles. The highest BCUT2D eigenvalue weighted by atomic mass is 35.5. The van der Waals surface area contributed by atoms with Gasteiger partial charge in [-0.25, -0.2) is 0 Å². The van der Waals surface area contributed by atoms with Gasteiger partial charge in [0.25, 0.3) is 0 Å². The van der Waals surface area contributed by atoms with Gasteiger partial charge in [-0.1, -0.05) is 72.3 Å². The largest absolute Gasteiger partial charge is 0.303 e. The van der Waals surface area contributed by atoms with Crippen LogP contribution in [0, 0.1) is 0 Å². The maximum atomic E-state index is 12.3. The molecule has 2 aromatic carbocycles. The number of fused-ring (bicyclic) bond motifs is 2. The number of carbonyl (C=O) groups is 1. The number of nitrogens with zero attached hydrogens (tertiary/aromatic N) is 1. The molecule has 0 saturated carbocycles. The van der Waals surface area contributed by atoms with Crippen molar-refractivity contribution in [3.63, 3.8) is 0 Å². The van der Waals surface area contributed by atoms with Gasteiger partial charge in [0.2, 0.25) is 0 Å². The fourth-order valence-electron chi connectivity index (χ4n) is 4.77. The summed E-state index contributed by atoms with van der Waals surface area (Å²) >= 11 is 1.55. The van der Waals surface area contributed by atoms with Gasteiger partial charge in [0.1, 0.15) is 0 Å². The van der Waals surface area contributed by atoms with Crippen molar-refractivity contribution in [2.75, 3.05) is 19.6 Å². The molecule has 4 heteroatoms. The number of carbonyl (C=O) groups excluding carboxylic acids is 1. The van der Waals surface area contributed by atoms with Crippen LogP contribution >= 0.6 is 23.7 Å². The number of likely N-dealkylation sites (tertiary alicyclic amines) is 1. The number of ketones is 1. The Kier molecular flexibility index (Phi) is 7.41. The Hall–Kier alpha value is -2.46. The molecule has 0 bridgehead atoms. The van der Waals surface area contributed by atoms with E-state index in [4.69, 9.17) is 0 Å². The second-order valence-electron chi connectivity index (χ2n) is 8.33. The molecule has 0 atom stereocenters. The van der Waals surface area contributed by atoms with Crippen molar-refractivity contribution in [2.45, 2.75) is 25.7 Å². The Morgan fingerprint density at radius 2 is 1.47 bits per heavy atom. The minimum Gasteiger partial charge on any atom is -0.303 e. The Bertz CT molecular complexity index is 1080. The summed E-state index contributed by atoms with van der Waals surface area (Å²) in [5, 5.41) is 1.98. The van der Waals surface area contributed by atoms with Crippen molar-refractivity contribution in [2.24, 2.45) is 0 Å². The first-order valence-electron chi connectivity index (χ1n) is 11.2. The molecule has 2 nitrogen and oxygen atoms in total. The lowest BCUT2D eigenvalue weighted by molar-refractivity contribution is 0.0978. The number of hydrogen-bond acceptors (Lipinski definition) is 3. The smallest absolute Gasteiger partial charge is 0.172 e. The van der Waals surface area contributed by atoms with Gasteiger partial charge in [0.15, 0.2) is 5.78 Å². The summed E-state index contributed by atoms with van der Waals surface area (Å²) in [6.45, 7) is 3.15. The van der Waals surface area contributed by atoms with Crippen molar-refractivity contribution >= 4 is 47.3 Å². The normalized spacial score (nSPS) is 15.5. The van der Waals surface area contributed by atoms with Crippen LogP contribution in [0.5, 0.6) is 0 Å². The molecule has 164 valence electrons. The maximum absolute atomic E-state index is 12.3. The number of thiophene rings is 1. The van der Waals surface area contributed by atoms with Crippen LogP contribution in [-0.4, -0.2) is 30.3 Å². The fourth-order valence-corrected chi connectivity index (χ4v) is 5.46. The van der Waals surface area contributed by atoms with Crippen LogP contribution in [0.3, 0.4) is 0 Å². The predicted octanol–water partition coefficient (Wildman–Crippen LogP) is 7.21. The molecular weight excluding hydrogens is 434 g/mol. The molecular formula is C28H28ClNOS. The van der Waals surface area contributed by atoms with Crippen molar-refractivity contribution in [3.05, 3.63) is 98.7 Å². The van der Waals surface area contributed by atoms with E-state index in [1.165, 1.54) is 27.8 Å². The van der Waals surface area contributed by atoms with E-state index in [9.17, 15) is 4.79 Å². The number of hydrogen-bond donors (Lipinski definition) is 0. The average molecular weight is 462 g/mol. The molecule has 0 radical (unpaired) electrons. The number of rotatable bonds is 5. The molecule has 2 heterocycles. The molecule has 0 spiro atoms. The molecule has 32 heavy (non-hydrogen) atoms. The third-order valence-electron chi connectivity index (χ3n) is 6.39. The molecule has 1 aliphatic carbocycles. The number of Topliss-reactive ketones (excluding diaryl/α,β-unsaturated/α-hetero) is 1. The molecule has 0 N–H and O–H groups in total. The van der Waals surface area contributed by atoms with Crippen LogP contribution in [0.1, 0.15) is 57.6 Å². The zero-order chi connectivity index (χ0) is 21.0. The monoisotopic (exact) mass is 461 g/mol. The van der Waals surface area contributed by atoms with Gasteiger partial charge >= 0.3 is 0 Å². The minimum absolute atomic E-state index is 0. The SMILES string of the molecule is Cl.O=C(CCCN1CCC(=C2c3ccccc3C=Cc3ccccc32)CC1)c1cccs1. The van der Waals surface area contributed by atoms with Crippen LogP contribution in [0.15, 0.2) is 71.6 Å². The lowest BCUT2D eigenvalue weighted by Crippen LogP contribution is -2.32. The van der Waals surface area contributed by atoms with Crippen molar-refractivity contribution in [1.29, 1.82) is 0 Å². The highest BCUT2D eigenvalue weighted by Gasteiger charge is 2.22. The van der Waals surface area contributed by atoms with Gasteiger partial charge in [-0.05, 0) is 65.1 Å². The lowest BCUT2D eigenvalue weighted by Gasteiger charge is -2.30. The Morgan fingerprint density at radius 3 is 2.06 bits per heavy atom. The van der Waals surface area contributed by atoms with Crippen LogP contribution < -0.4 is 0 Å². The molecule has 1 saturated heterocycles. The van der Waals surface area contributed by atoms with Gasteiger partial charge in [0.05, 0.1) is 4.88 Å². The van der Waals surface area contributed by atoms with Gasteiger partial charge in [0, 0.05) is 19.5 Å². The second-order valence-corrected chi connectivity index (χ2v) is 9.28. The Morgan fingerprint density at radius 1 is 0.844 bits per heavy atom. The van der Waals surface area contributed by atoms with E-state index in [1.807, 2.05) is 17.5 Å². The number of piperidine rings is 1. The van der Waals surface area contributed by atoms with Crippen LogP contribution in [0.4, 0.5) is 0 Å². The lowest BCUT2D eigenvalue weighted by atomic mass is 9.86. The second kappa shape index (κ2) is 10.4. The van der Waals surface area contributed by atoms with E-state index in [2.05, 4.69) is 65.6 Å². The molecule has 1 fully saturated rings. The molecule has 0 unspecified atom stereocenters. The van der Waals surface area contributed by atoms with E-state index in [0.29, 0.717) is 6.42 Å². The maximum Gasteiger partial charge on any atom is 0.172 e. The topological polar surface area (TPSA) is 20.3 Å². The summed E-state index contributed by atoms with van der Waals surface area (Å²) in [5.41, 5.74) is 8.31. The molecule has 3 aromatic rings. The Balaban J connectivity index is 0.00000245. The van der Waals surface area contributed by atoms with E-state index >= 15 is 0 Å². The Labute approximate surface area is 200 Å². The van der Waals surface area contributed by atoms with E-state index in [0.717, 1.165) is 43.8 Å². The third kappa shape index (κ3) is 4.80. The van der Waals surface area contributed by atoms with Gasteiger partial charge in [-0.2, -0.15) is 0 Å². The highest BCUT2D eigenvalue weighted by molar-refractivity contribution is 7.12. The summed E-state index contributed by atoms with van der Waals surface area (Å²) in [6.07, 6.45) is 8.28. The quantitative estimate of drug-likeness (QED) is 0.292. The standard InChI is InChI=1S/C28H27NOS.ClH/c30-26(27-12-6-20-31-27)11-5-17-29-18-15-23(16-19-29)28-24-9-3-1-7-21(24)13-14-22-8-2-4-10-25(22)28;/h1-4,6-10,12-14,20H,5,11,15-19H2;1H. The highest BCUT2D eigenvalue weighted by Crippen LogP contribution is 2.38. The summed E-state index contributed by atoms with van der Waals surface area (Å²) in [6, 6.07) is 21.4. The van der Waals surface area contributed by atoms with Crippen LogP contribution in [-0.2, 0) is 0 Å². The molecule has 2 aliphatic rings. The summed E-state index contributed by atoms with van der Waals surface area (Å²) in [5.74, 6) is 0.286. The first-order valence-corrected chi connectivity index (χ1v) is 12.1. The fraction of sp³-hybridized carbons (Fsp3) is 0.250. The first-order chi connectivity index (χ1) is 15.3. The van der Waals surface area contributed by atoms with Gasteiger partial charge < -0.3 is 4.90 Å². The van der Waals surface area contributed by atoms with Gasteiger partial charge in [-0.3, -0.25) is 4.79 Å². The molecule has 5 rings (SSSR count). The zero-order valence-electron chi connectivity index (χ0n) is 18.1. The number of halogens is 1. The van der Waals surface area contributed by atoms with Crippen molar-refractivity contribution in [1.82, 2.24) is 4.90 Å². The van der Waals surface area contributed by atoms with E-state index < -0.39 is 0 Å². The molecule has 1 aliphatic heterocycles. The third-order valence-corrected chi connectivity index (χ3v) is 7.30. The van der Waals surface area contributed by atoms with Crippen LogP contribution in [0.2, 0.25) is 0 Å². The van der Waals surface area contributed by atoms with Gasteiger partial charge in [-0.15, -0.1) is 23.7 Å². The zero-order valence-corrected chi connectivity index (χ0v) is 19.8.